The van der Waals surface area contributed by atoms with Crippen molar-refractivity contribution in [2.45, 2.75) is 6.54 Å². The normalized spacial score (nSPS) is 10.5. The van der Waals surface area contributed by atoms with Crippen LogP contribution in [0.5, 0.6) is 0 Å². The Morgan fingerprint density at radius 3 is 2.73 bits per heavy atom. The Balaban J connectivity index is 2.34. The van der Waals surface area contributed by atoms with Gasteiger partial charge in [-0.05, 0) is 0 Å². The molecule has 78 valence electrons. The number of nitrogens with two attached hydrogens (primary N) is 1. The van der Waals surface area contributed by atoms with Crippen LogP contribution in [0.15, 0.2) is 24.8 Å². The Hall–Kier alpha value is -1.95. The Kier molecular flexibility index (Phi) is 2.59. The van der Waals surface area contributed by atoms with Gasteiger partial charge in [0.2, 0.25) is 0 Å². The van der Waals surface area contributed by atoms with E-state index in [-0.39, 0.29) is 6.61 Å². The van der Waals surface area contributed by atoms with Crippen LogP contribution >= 0.6 is 0 Å². The molecule has 0 aliphatic rings. The number of aromatic nitrogens is 4. The Morgan fingerprint density at radius 2 is 2.07 bits per heavy atom. The van der Waals surface area contributed by atoms with Crippen LogP contribution in [-0.2, 0) is 6.54 Å². The zero-order chi connectivity index (χ0) is 10.7. The van der Waals surface area contributed by atoms with E-state index in [0.29, 0.717) is 18.1 Å². The maximum Gasteiger partial charge on any atom is 0.122 e. The Labute approximate surface area is 86.4 Å². The van der Waals surface area contributed by atoms with Crippen molar-refractivity contribution in [3.05, 3.63) is 24.8 Å². The predicted molar refractivity (Wildman–Crippen MR) is 54.8 cm³/mol. The molecule has 6 nitrogen and oxygen atoms in total. The molecule has 0 saturated carbocycles. The zero-order valence-corrected chi connectivity index (χ0v) is 8.04. The van der Waals surface area contributed by atoms with Gasteiger partial charge >= 0.3 is 0 Å². The van der Waals surface area contributed by atoms with Crippen LogP contribution in [0.4, 0.5) is 5.82 Å². The van der Waals surface area contributed by atoms with Gasteiger partial charge in [-0.15, -0.1) is 0 Å². The third-order valence-electron chi connectivity index (χ3n) is 1.98. The van der Waals surface area contributed by atoms with Crippen LogP contribution in [0, 0.1) is 0 Å². The summed E-state index contributed by atoms with van der Waals surface area (Å²) in [6, 6.07) is 1.73. The molecule has 15 heavy (non-hydrogen) atoms. The van der Waals surface area contributed by atoms with Crippen molar-refractivity contribution >= 4 is 5.82 Å². The summed E-state index contributed by atoms with van der Waals surface area (Å²) in [5.74, 6) is 0.517. The van der Waals surface area contributed by atoms with Gasteiger partial charge in [0.25, 0.3) is 0 Å². The van der Waals surface area contributed by atoms with E-state index in [1.807, 2.05) is 0 Å². The summed E-state index contributed by atoms with van der Waals surface area (Å²) in [5.41, 5.74) is 7.23. The third-order valence-corrected chi connectivity index (χ3v) is 1.98. The molecule has 0 atom stereocenters. The monoisotopic (exact) mass is 205 g/mol. The van der Waals surface area contributed by atoms with Gasteiger partial charge < -0.3 is 10.8 Å². The molecule has 0 spiro atoms. The van der Waals surface area contributed by atoms with E-state index in [1.54, 1.807) is 23.1 Å². The first-order valence-electron chi connectivity index (χ1n) is 4.51. The van der Waals surface area contributed by atoms with Crippen LogP contribution < -0.4 is 5.73 Å². The van der Waals surface area contributed by atoms with Gasteiger partial charge in [-0.25, -0.2) is 14.6 Å². The molecule has 0 saturated heterocycles. The lowest BCUT2D eigenvalue weighted by atomic mass is 10.2. The zero-order valence-electron chi connectivity index (χ0n) is 8.04. The maximum atomic E-state index is 8.78. The average Bonchev–Trinajstić information content (AvgIpc) is 2.63. The van der Waals surface area contributed by atoms with E-state index in [2.05, 4.69) is 15.1 Å². The fourth-order valence-corrected chi connectivity index (χ4v) is 1.28. The highest BCUT2D eigenvalue weighted by Crippen LogP contribution is 2.17. The highest BCUT2D eigenvalue weighted by atomic mass is 16.3. The average molecular weight is 205 g/mol. The van der Waals surface area contributed by atoms with Crippen LogP contribution in [0.1, 0.15) is 0 Å². The fraction of sp³-hybridized carbons (Fsp3) is 0.222. The van der Waals surface area contributed by atoms with E-state index in [4.69, 9.17) is 10.8 Å². The summed E-state index contributed by atoms with van der Waals surface area (Å²) in [6.45, 7) is 0.399. The second-order valence-corrected chi connectivity index (χ2v) is 3.03. The molecule has 0 aromatic carbocycles. The van der Waals surface area contributed by atoms with Crippen molar-refractivity contribution < 1.29 is 5.11 Å². The van der Waals surface area contributed by atoms with Crippen molar-refractivity contribution in [1.29, 1.82) is 0 Å². The second kappa shape index (κ2) is 4.05. The summed E-state index contributed by atoms with van der Waals surface area (Å²) in [6.07, 6.45) is 4.79. The molecule has 0 aliphatic heterocycles. The lowest BCUT2D eigenvalue weighted by Crippen LogP contribution is -2.07. The highest BCUT2D eigenvalue weighted by molar-refractivity contribution is 5.60. The van der Waals surface area contributed by atoms with E-state index in [9.17, 15) is 0 Å². The number of aliphatic hydroxyl groups is 1. The number of hydrogen-bond donors (Lipinski definition) is 2. The minimum atomic E-state index is 0.0105. The van der Waals surface area contributed by atoms with Crippen LogP contribution in [0.3, 0.4) is 0 Å². The molecular weight excluding hydrogens is 194 g/mol. The summed E-state index contributed by atoms with van der Waals surface area (Å²) in [7, 11) is 0. The molecule has 0 radical (unpaired) electrons. The van der Waals surface area contributed by atoms with E-state index in [1.165, 1.54) is 6.33 Å². The topological polar surface area (TPSA) is 89.9 Å². The fourth-order valence-electron chi connectivity index (χ4n) is 1.28. The standard InChI is InChI=1S/C9H11N5O/c10-9-3-8(13-14(9)1-2-15)7-4-11-6-12-5-7/h3-6,15H,1-2,10H2. The molecule has 0 aliphatic carbocycles. The molecular formula is C9H11N5O. The van der Waals surface area contributed by atoms with Crippen LogP contribution in [-0.4, -0.2) is 31.5 Å². The minimum absolute atomic E-state index is 0.0105. The third kappa shape index (κ3) is 1.94. The SMILES string of the molecule is Nc1cc(-c2cncnc2)nn1CCO. The van der Waals surface area contributed by atoms with Gasteiger partial charge in [0.15, 0.2) is 0 Å². The van der Waals surface area contributed by atoms with Crippen molar-refractivity contribution in [3.8, 4) is 11.3 Å². The van der Waals surface area contributed by atoms with Gasteiger partial charge in [-0.3, -0.25) is 0 Å². The Morgan fingerprint density at radius 1 is 1.33 bits per heavy atom. The molecule has 0 bridgehead atoms. The summed E-state index contributed by atoms with van der Waals surface area (Å²) in [4.78, 5) is 7.79. The number of aliphatic hydroxyl groups excluding tert-OH is 1. The molecule has 0 unspecified atom stereocenters. The first-order chi connectivity index (χ1) is 7.31. The van der Waals surface area contributed by atoms with Gasteiger partial charge in [0.1, 0.15) is 12.1 Å². The molecule has 0 fully saturated rings. The van der Waals surface area contributed by atoms with E-state index >= 15 is 0 Å². The van der Waals surface area contributed by atoms with Crippen LogP contribution in [0.25, 0.3) is 11.3 Å². The molecule has 2 heterocycles. The van der Waals surface area contributed by atoms with E-state index in [0.717, 1.165) is 5.56 Å². The van der Waals surface area contributed by atoms with E-state index < -0.39 is 0 Å². The van der Waals surface area contributed by atoms with Gasteiger partial charge in [0.05, 0.1) is 18.8 Å². The molecule has 2 aromatic rings. The molecule has 6 heteroatoms. The summed E-state index contributed by atoms with van der Waals surface area (Å²) < 4.78 is 1.54. The molecule has 2 rings (SSSR count). The summed E-state index contributed by atoms with van der Waals surface area (Å²) in [5, 5.41) is 13.0. The van der Waals surface area contributed by atoms with Crippen molar-refractivity contribution in [2.75, 3.05) is 12.3 Å². The van der Waals surface area contributed by atoms with Gasteiger partial charge in [0, 0.05) is 24.0 Å². The molecule has 3 N–H and O–H groups in total. The van der Waals surface area contributed by atoms with Gasteiger partial charge in [-0.2, -0.15) is 5.10 Å². The number of rotatable bonds is 3. The second-order valence-electron chi connectivity index (χ2n) is 3.03. The van der Waals surface area contributed by atoms with Crippen molar-refractivity contribution in [1.82, 2.24) is 19.7 Å². The maximum absolute atomic E-state index is 8.78. The molecule has 0 amide bonds. The minimum Gasteiger partial charge on any atom is -0.394 e. The van der Waals surface area contributed by atoms with Crippen molar-refractivity contribution in [3.63, 3.8) is 0 Å². The summed E-state index contributed by atoms with van der Waals surface area (Å²) >= 11 is 0. The predicted octanol–water partition coefficient (Wildman–Crippen LogP) is -0.0854. The van der Waals surface area contributed by atoms with Gasteiger partial charge in [-0.1, -0.05) is 0 Å². The number of nitrogen functional groups attached to an aromatic ring is 1. The number of hydrogen-bond acceptors (Lipinski definition) is 5. The molecule has 2 aromatic heterocycles. The number of nitrogens with zero attached hydrogens (tertiary/aromatic N) is 4. The quantitative estimate of drug-likeness (QED) is 0.731. The van der Waals surface area contributed by atoms with Crippen LogP contribution in [0.2, 0.25) is 0 Å². The largest absolute Gasteiger partial charge is 0.394 e. The highest BCUT2D eigenvalue weighted by Gasteiger charge is 2.06. The lowest BCUT2D eigenvalue weighted by molar-refractivity contribution is 0.270. The Bertz CT molecular complexity index is 439. The lowest BCUT2D eigenvalue weighted by Gasteiger charge is -1.98. The van der Waals surface area contributed by atoms with Crippen molar-refractivity contribution in [2.24, 2.45) is 0 Å². The first kappa shape index (κ1) is 9.60. The first-order valence-corrected chi connectivity index (χ1v) is 4.51. The smallest absolute Gasteiger partial charge is 0.122 e. The number of anilines is 1.